The summed E-state index contributed by atoms with van der Waals surface area (Å²) in [5, 5.41) is 14.2. The van der Waals surface area contributed by atoms with Crippen LogP contribution in [-0.4, -0.2) is 79.1 Å². The molecule has 8 rings (SSSR count). The number of fused-ring (bicyclic) bond motifs is 3. The molecule has 4 fully saturated rings. The molecule has 0 radical (unpaired) electrons. The molecular weight excluding hydrogens is 564 g/mol. The van der Waals surface area contributed by atoms with Crippen LogP contribution >= 0.6 is 0 Å². The van der Waals surface area contributed by atoms with Gasteiger partial charge in [-0.25, -0.2) is 18.7 Å². The van der Waals surface area contributed by atoms with Gasteiger partial charge < -0.3 is 14.4 Å². The molecule has 4 aliphatic rings. The average molecular weight is 599 g/mol. The first-order valence-corrected chi connectivity index (χ1v) is 16.5. The molecule has 4 aliphatic heterocycles. The summed E-state index contributed by atoms with van der Waals surface area (Å²) in [6.45, 7) is 3.24. The van der Waals surface area contributed by atoms with Crippen molar-refractivity contribution >= 4 is 21.1 Å². The Morgan fingerprint density at radius 1 is 1.09 bits per heavy atom. The first-order valence-electron chi connectivity index (χ1n) is 14.6. The van der Waals surface area contributed by atoms with Crippen molar-refractivity contribution in [3.05, 3.63) is 66.2 Å². The van der Waals surface area contributed by atoms with Crippen molar-refractivity contribution in [3.8, 4) is 28.8 Å². The maximum absolute atomic E-state index is 12.0. The topological polar surface area (TPSA) is 133 Å². The van der Waals surface area contributed by atoms with E-state index in [4.69, 9.17) is 19.2 Å². The summed E-state index contributed by atoms with van der Waals surface area (Å²) >= 11 is 0. The van der Waals surface area contributed by atoms with Crippen LogP contribution in [0.2, 0.25) is 0 Å². The van der Waals surface area contributed by atoms with Crippen molar-refractivity contribution in [3.63, 3.8) is 0 Å². The zero-order valence-corrected chi connectivity index (χ0v) is 24.9. The molecule has 12 heteroatoms. The second kappa shape index (κ2) is 11.1. The van der Waals surface area contributed by atoms with Crippen molar-refractivity contribution in [2.45, 2.75) is 37.9 Å². The molecule has 0 amide bonds. The van der Waals surface area contributed by atoms with Crippen molar-refractivity contribution in [1.82, 2.24) is 24.5 Å². The molecule has 4 aromatic heterocycles. The highest BCUT2D eigenvalue weighted by atomic mass is 32.2. The number of methoxy groups -OCH3 is 1. The number of ether oxygens (including phenoxy) is 2. The highest BCUT2D eigenvalue weighted by molar-refractivity contribution is 7.92. The zero-order chi connectivity index (χ0) is 29.6. The molecule has 4 aromatic rings. The fourth-order valence-corrected chi connectivity index (χ4v) is 8.15. The Hall–Kier alpha value is -4.21. The quantitative estimate of drug-likeness (QED) is 0.320. The van der Waals surface area contributed by atoms with Crippen LogP contribution in [-0.2, 0) is 16.3 Å². The Morgan fingerprint density at radius 2 is 1.91 bits per heavy atom. The summed E-state index contributed by atoms with van der Waals surface area (Å²) in [6.07, 6.45) is 9.80. The minimum absolute atomic E-state index is 0.270. The van der Waals surface area contributed by atoms with E-state index in [0.717, 1.165) is 54.9 Å². The summed E-state index contributed by atoms with van der Waals surface area (Å²) in [5.41, 5.74) is 4.13. The first kappa shape index (κ1) is 27.6. The summed E-state index contributed by atoms with van der Waals surface area (Å²) < 4.78 is 32.9. The molecule has 2 atom stereocenters. The number of hydrogen-bond donors (Lipinski definition) is 1. The van der Waals surface area contributed by atoms with Crippen LogP contribution in [0.1, 0.15) is 30.4 Å². The highest BCUT2D eigenvalue weighted by Gasteiger charge is 2.44. The van der Waals surface area contributed by atoms with Gasteiger partial charge in [-0.1, -0.05) is 6.07 Å². The number of pyridine rings is 3. The SMILES string of the molecule is COc1ccc(CN2C3CC2CN(c2ccc(-c4cc(OCC5CCS(=N)(=O)CC5)cn5ncc(C#N)c45)cn2)C3)cn1. The number of hydrogen-bond acceptors (Lipinski definition) is 10. The van der Waals surface area contributed by atoms with Crippen molar-refractivity contribution in [1.29, 1.82) is 10.0 Å². The van der Waals surface area contributed by atoms with Gasteiger partial charge in [0.1, 0.15) is 17.6 Å². The van der Waals surface area contributed by atoms with E-state index in [-0.39, 0.29) is 5.92 Å². The Balaban J connectivity index is 1.06. The largest absolute Gasteiger partial charge is 0.492 e. The van der Waals surface area contributed by atoms with Crippen molar-refractivity contribution < 1.29 is 13.7 Å². The lowest BCUT2D eigenvalue weighted by atomic mass is 9.87. The van der Waals surface area contributed by atoms with Gasteiger partial charge in [-0.05, 0) is 48.9 Å². The van der Waals surface area contributed by atoms with Crippen LogP contribution in [0.5, 0.6) is 11.6 Å². The van der Waals surface area contributed by atoms with Gasteiger partial charge >= 0.3 is 0 Å². The molecule has 0 spiro atoms. The second-order valence-corrected chi connectivity index (χ2v) is 14.2. The van der Waals surface area contributed by atoms with Crippen LogP contribution in [0.25, 0.3) is 16.6 Å². The Kier molecular flexibility index (Phi) is 7.15. The van der Waals surface area contributed by atoms with E-state index < -0.39 is 9.73 Å². The first-order chi connectivity index (χ1) is 20.9. The van der Waals surface area contributed by atoms with Crippen LogP contribution in [0, 0.1) is 22.0 Å². The number of piperazine rings is 1. The third-order valence-electron chi connectivity index (χ3n) is 9.00. The molecule has 0 aliphatic carbocycles. The maximum Gasteiger partial charge on any atom is 0.212 e. The lowest BCUT2D eigenvalue weighted by molar-refractivity contribution is -0.00876. The molecule has 0 saturated carbocycles. The molecule has 1 N–H and O–H groups in total. The number of rotatable bonds is 8. The van der Waals surface area contributed by atoms with E-state index in [9.17, 15) is 9.47 Å². The summed E-state index contributed by atoms with van der Waals surface area (Å²) in [6, 6.07) is 13.3. The standard InChI is InChI=1S/C31H34N8O3S/c1-41-30-5-2-22(13-35-30)16-38-25-10-26(38)18-37(17-25)29-4-3-23(14-34-29)28-11-27(19-39-31(28)24(12-32)15-36-39)42-20-21-6-8-43(33,40)9-7-21/h2-5,11,13-15,19,21,25-26,33H,6-10,16-18,20H2,1H3. The molecule has 222 valence electrons. The fourth-order valence-electron chi connectivity index (χ4n) is 6.52. The van der Waals surface area contributed by atoms with E-state index in [1.807, 2.05) is 24.5 Å². The number of nitrogens with zero attached hydrogens (tertiary/aromatic N) is 7. The molecule has 4 saturated heterocycles. The minimum Gasteiger partial charge on any atom is -0.492 e. The average Bonchev–Trinajstić information content (AvgIpc) is 3.46. The molecule has 8 heterocycles. The Bertz CT molecular complexity index is 1760. The second-order valence-electron chi connectivity index (χ2n) is 11.8. The third kappa shape index (κ3) is 5.50. The number of anilines is 1. The van der Waals surface area contributed by atoms with Gasteiger partial charge in [0, 0.05) is 82.5 Å². The van der Waals surface area contributed by atoms with E-state index in [2.05, 4.69) is 44.2 Å². The molecular formula is C31H34N8O3S. The van der Waals surface area contributed by atoms with Crippen molar-refractivity contribution in [2.24, 2.45) is 5.92 Å². The van der Waals surface area contributed by atoms with Gasteiger partial charge in [-0.2, -0.15) is 10.4 Å². The van der Waals surface area contributed by atoms with Gasteiger partial charge in [0.05, 0.1) is 37.2 Å². The smallest absolute Gasteiger partial charge is 0.212 e. The predicted octanol–water partition coefficient (Wildman–Crippen LogP) is 3.97. The van der Waals surface area contributed by atoms with Crippen LogP contribution in [0.3, 0.4) is 0 Å². The predicted molar refractivity (Wildman–Crippen MR) is 163 cm³/mol. The Morgan fingerprint density at radius 3 is 2.58 bits per heavy atom. The summed E-state index contributed by atoms with van der Waals surface area (Å²) in [7, 11) is -0.790. The fraction of sp³-hybridized carbons (Fsp3) is 0.419. The number of nitriles is 1. The van der Waals surface area contributed by atoms with Gasteiger partial charge in [-0.3, -0.25) is 9.68 Å². The Labute approximate surface area is 251 Å². The summed E-state index contributed by atoms with van der Waals surface area (Å²) in [5.74, 6) is 3.37. The van der Waals surface area contributed by atoms with E-state index >= 15 is 0 Å². The van der Waals surface area contributed by atoms with Crippen molar-refractivity contribution in [2.75, 3.05) is 43.2 Å². The van der Waals surface area contributed by atoms with Gasteiger partial charge in [0.2, 0.25) is 5.88 Å². The number of nitrogens with one attached hydrogen (secondary N) is 1. The van der Waals surface area contributed by atoms with Gasteiger partial charge in [0.15, 0.2) is 0 Å². The molecule has 2 unspecified atom stereocenters. The number of aromatic nitrogens is 4. The van der Waals surface area contributed by atoms with E-state index in [1.54, 1.807) is 24.0 Å². The van der Waals surface area contributed by atoms with Crippen LogP contribution in [0.4, 0.5) is 5.82 Å². The molecule has 43 heavy (non-hydrogen) atoms. The normalized spacial score (nSPS) is 25.2. The molecule has 0 aromatic carbocycles. The molecule has 11 nitrogen and oxygen atoms in total. The monoisotopic (exact) mass is 598 g/mol. The number of piperidine rings is 1. The minimum atomic E-state index is -2.42. The van der Waals surface area contributed by atoms with E-state index in [0.29, 0.717) is 47.4 Å². The lowest BCUT2D eigenvalue weighted by Crippen LogP contribution is -2.68. The summed E-state index contributed by atoms with van der Waals surface area (Å²) in [4.78, 5) is 14.1. The zero-order valence-electron chi connectivity index (χ0n) is 24.1. The van der Waals surface area contributed by atoms with Crippen LogP contribution < -0.4 is 14.4 Å². The van der Waals surface area contributed by atoms with E-state index in [1.165, 1.54) is 12.0 Å². The molecule has 2 bridgehead atoms. The highest BCUT2D eigenvalue weighted by Crippen LogP contribution is 2.37. The van der Waals surface area contributed by atoms with Crippen LogP contribution in [0.15, 0.2) is 55.1 Å². The third-order valence-corrected chi connectivity index (χ3v) is 10.8. The lowest BCUT2D eigenvalue weighted by Gasteiger charge is -2.56. The van der Waals surface area contributed by atoms with Gasteiger partial charge in [-0.15, -0.1) is 0 Å². The maximum atomic E-state index is 12.0. The van der Waals surface area contributed by atoms with Gasteiger partial charge in [0.25, 0.3) is 0 Å².